The van der Waals surface area contributed by atoms with Gasteiger partial charge in [-0.05, 0) is 26.0 Å². The minimum absolute atomic E-state index is 0.0283. The van der Waals surface area contributed by atoms with Gasteiger partial charge in [0.2, 0.25) is 5.91 Å². The van der Waals surface area contributed by atoms with Crippen molar-refractivity contribution in [3.63, 3.8) is 0 Å². The average molecular weight is 313 g/mol. The highest BCUT2D eigenvalue weighted by Gasteiger charge is 2.23. The quantitative estimate of drug-likeness (QED) is 0.772. The molecule has 6 heteroatoms. The summed E-state index contributed by atoms with van der Waals surface area (Å²) >= 11 is 6.06. The molecule has 1 aromatic carbocycles. The van der Waals surface area contributed by atoms with Crippen LogP contribution in [0.4, 0.5) is 0 Å². The van der Waals surface area contributed by atoms with Crippen LogP contribution in [0.2, 0.25) is 5.02 Å². The molecule has 2 N–H and O–H groups in total. The third kappa shape index (κ3) is 4.79. The summed E-state index contributed by atoms with van der Waals surface area (Å²) in [5.74, 6) is 1.24. The fourth-order valence-corrected chi connectivity index (χ4v) is 2.26. The van der Waals surface area contributed by atoms with E-state index < -0.39 is 0 Å². The molecule has 0 aliphatic heterocycles. The summed E-state index contributed by atoms with van der Waals surface area (Å²) in [4.78, 5) is 11.6. The number of nitrogens with one attached hydrogen (secondary N) is 2. The van der Waals surface area contributed by atoms with Gasteiger partial charge in [-0.3, -0.25) is 4.79 Å². The van der Waals surface area contributed by atoms with Crippen LogP contribution in [0.25, 0.3) is 0 Å². The second-order valence-electron chi connectivity index (χ2n) is 5.07. The molecule has 0 atom stereocenters. The Bertz CT molecular complexity index is 504. The monoisotopic (exact) mass is 312 g/mol. The van der Waals surface area contributed by atoms with E-state index >= 15 is 0 Å². The summed E-state index contributed by atoms with van der Waals surface area (Å²) in [7, 11) is 3.42. The molecule has 0 heterocycles. The Morgan fingerprint density at radius 3 is 2.81 bits per heavy atom. The van der Waals surface area contributed by atoms with Crippen molar-refractivity contribution in [2.45, 2.75) is 31.8 Å². The van der Waals surface area contributed by atoms with Crippen molar-refractivity contribution in [2.24, 2.45) is 0 Å². The molecule has 116 valence electrons. The van der Waals surface area contributed by atoms with Gasteiger partial charge in [0.25, 0.3) is 0 Å². The zero-order valence-corrected chi connectivity index (χ0v) is 13.1. The minimum atomic E-state index is 0.0283. The molecule has 0 saturated heterocycles. The van der Waals surface area contributed by atoms with Crippen LogP contribution in [0.3, 0.4) is 0 Å². The number of methoxy groups -OCH3 is 1. The molecule has 1 saturated carbocycles. The number of rotatable bonds is 8. The van der Waals surface area contributed by atoms with E-state index in [2.05, 4.69) is 10.6 Å². The van der Waals surface area contributed by atoms with Crippen molar-refractivity contribution < 1.29 is 14.3 Å². The molecule has 1 fully saturated rings. The molecule has 1 aliphatic rings. The van der Waals surface area contributed by atoms with Crippen molar-refractivity contribution >= 4 is 17.5 Å². The Hall–Kier alpha value is -1.46. The van der Waals surface area contributed by atoms with Gasteiger partial charge in [-0.25, -0.2) is 0 Å². The first kappa shape index (κ1) is 15.9. The molecule has 0 radical (unpaired) electrons. The van der Waals surface area contributed by atoms with Crippen LogP contribution in [-0.2, 0) is 11.3 Å². The standard InChI is InChI=1S/C15H21ClN2O3/c1-17-9-10-7-11(16)8-13(20-2)15(10)21-6-5-14(19)18-12-3-4-12/h7-8,12,17H,3-6,9H2,1-2H3,(H,18,19). The van der Waals surface area contributed by atoms with Gasteiger partial charge < -0.3 is 20.1 Å². The molecule has 0 spiro atoms. The minimum Gasteiger partial charge on any atom is -0.493 e. The van der Waals surface area contributed by atoms with Crippen LogP contribution in [0, 0.1) is 0 Å². The second kappa shape index (κ2) is 7.52. The van der Waals surface area contributed by atoms with E-state index in [9.17, 15) is 4.79 Å². The molecular weight excluding hydrogens is 292 g/mol. The fourth-order valence-electron chi connectivity index (χ4n) is 2.03. The summed E-state index contributed by atoms with van der Waals surface area (Å²) in [6.07, 6.45) is 2.51. The van der Waals surface area contributed by atoms with E-state index in [0.717, 1.165) is 18.4 Å². The normalized spacial score (nSPS) is 13.9. The lowest BCUT2D eigenvalue weighted by atomic mass is 10.2. The fraction of sp³-hybridized carbons (Fsp3) is 0.533. The number of ether oxygens (including phenoxy) is 2. The third-order valence-corrected chi connectivity index (χ3v) is 3.42. The number of benzene rings is 1. The number of hydrogen-bond donors (Lipinski definition) is 2. The highest BCUT2D eigenvalue weighted by atomic mass is 35.5. The molecule has 0 aromatic heterocycles. The van der Waals surface area contributed by atoms with Gasteiger partial charge in [0.15, 0.2) is 11.5 Å². The molecule has 1 aromatic rings. The molecule has 21 heavy (non-hydrogen) atoms. The Morgan fingerprint density at radius 1 is 1.43 bits per heavy atom. The van der Waals surface area contributed by atoms with Crippen LogP contribution >= 0.6 is 11.6 Å². The summed E-state index contributed by atoms with van der Waals surface area (Å²) in [6, 6.07) is 3.92. The summed E-state index contributed by atoms with van der Waals surface area (Å²) in [5, 5.41) is 6.59. The summed E-state index contributed by atoms with van der Waals surface area (Å²) in [6.45, 7) is 0.924. The average Bonchev–Trinajstić information content (AvgIpc) is 3.24. The number of amides is 1. The van der Waals surface area contributed by atoms with Gasteiger partial charge in [0.1, 0.15) is 0 Å². The van der Waals surface area contributed by atoms with Crippen molar-refractivity contribution in [3.8, 4) is 11.5 Å². The van der Waals surface area contributed by atoms with E-state index in [-0.39, 0.29) is 5.91 Å². The molecular formula is C15H21ClN2O3. The topological polar surface area (TPSA) is 59.6 Å². The second-order valence-corrected chi connectivity index (χ2v) is 5.50. The molecule has 2 rings (SSSR count). The van der Waals surface area contributed by atoms with E-state index in [1.165, 1.54) is 0 Å². The maximum atomic E-state index is 11.6. The van der Waals surface area contributed by atoms with Crippen LogP contribution in [0.5, 0.6) is 11.5 Å². The van der Waals surface area contributed by atoms with Gasteiger partial charge in [-0.15, -0.1) is 0 Å². The number of hydrogen-bond acceptors (Lipinski definition) is 4. The lowest BCUT2D eigenvalue weighted by Gasteiger charge is -2.15. The van der Waals surface area contributed by atoms with Crippen molar-refractivity contribution in [3.05, 3.63) is 22.7 Å². The van der Waals surface area contributed by atoms with Crippen LogP contribution in [0.15, 0.2) is 12.1 Å². The Kier molecular flexibility index (Phi) is 5.70. The van der Waals surface area contributed by atoms with Gasteiger partial charge in [0.05, 0.1) is 20.1 Å². The number of carbonyl (C=O) groups excluding carboxylic acids is 1. The van der Waals surface area contributed by atoms with E-state index in [1.54, 1.807) is 13.2 Å². The summed E-state index contributed by atoms with van der Waals surface area (Å²) in [5.41, 5.74) is 0.907. The Balaban J connectivity index is 1.97. The zero-order chi connectivity index (χ0) is 15.2. The van der Waals surface area contributed by atoms with Gasteiger partial charge in [-0.2, -0.15) is 0 Å². The van der Waals surface area contributed by atoms with Crippen LogP contribution < -0.4 is 20.1 Å². The van der Waals surface area contributed by atoms with Crippen molar-refractivity contribution in [1.29, 1.82) is 0 Å². The largest absolute Gasteiger partial charge is 0.493 e. The van der Waals surface area contributed by atoms with Gasteiger partial charge in [0, 0.05) is 29.2 Å². The van der Waals surface area contributed by atoms with Crippen LogP contribution in [0.1, 0.15) is 24.8 Å². The highest BCUT2D eigenvalue weighted by Crippen LogP contribution is 2.34. The lowest BCUT2D eigenvalue weighted by molar-refractivity contribution is -0.121. The Morgan fingerprint density at radius 2 is 2.19 bits per heavy atom. The molecule has 0 unspecified atom stereocenters. The molecule has 0 bridgehead atoms. The first-order valence-corrected chi connectivity index (χ1v) is 7.45. The lowest BCUT2D eigenvalue weighted by Crippen LogP contribution is -2.26. The van der Waals surface area contributed by atoms with Gasteiger partial charge in [-0.1, -0.05) is 11.6 Å². The number of carbonyl (C=O) groups is 1. The number of halogens is 1. The molecule has 1 aliphatic carbocycles. The molecule has 5 nitrogen and oxygen atoms in total. The SMILES string of the molecule is CNCc1cc(Cl)cc(OC)c1OCCC(=O)NC1CC1. The first-order chi connectivity index (χ1) is 10.1. The predicted molar refractivity (Wildman–Crippen MR) is 82.0 cm³/mol. The third-order valence-electron chi connectivity index (χ3n) is 3.20. The zero-order valence-electron chi connectivity index (χ0n) is 12.4. The molecule has 1 amide bonds. The smallest absolute Gasteiger partial charge is 0.223 e. The van der Waals surface area contributed by atoms with Gasteiger partial charge >= 0.3 is 0 Å². The maximum absolute atomic E-state index is 11.6. The maximum Gasteiger partial charge on any atom is 0.223 e. The van der Waals surface area contributed by atoms with E-state index in [0.29, 0.717) is 42.1 Å². The first-order valence-electron chi connectivity index (χ1n) is 7.07. The Labute approximate surface area is 130 Å². The summed E-state index contributed by atoms with van der Waals surface area (Å²) < 4.78 is 11.1. The predicted octanol–water partition coefficient (Wildman–Crippen LogP) is 2.12. The van der Waals surface area contributed by atoms with E-state index in [4.69, 9.17) is 21.1 Å². The van der Waals surface area contributed by atoms with Crippen molar-refractivity contribution in [2.75, 3.05) is 20.8 Å². The van der Waals surface area contributed by atoms with Crippen LogP contribution in [-0.4, -0.2) is 32.7 Å². The van der Waals surface area contributed by atoms with Crippen molar-refractivity contribution in [1.82, 2.24) is 10.6 Å². The van der Waals surface area contributed by atoms with E-state index in [1.807, 2.05) is 13.1 Å². The highest BCUT2D eigenvalue weighted by molar-refractivity contribution is 6.30.